The van der Waals surface area contributed by atoms with Gasteiger partial charge in [-0.05, 0) is 55.7 Å². The molecule has 1 N–H and O–H groups in total. The van der Waals surface area contributed by atoms with Crippen LogP contribution in [0.1, 0.15) is 18.1 Å². The minimum Gasteiger partial charge on any atom is -0.382 e. The highest BCUT2D eigenvalue weighted by Gasteiger charge is 2.08. The predicted molar refractivity (Wildman–Crippen MR) is 79.4 cm³/mol. The summed E-state index contributed by atoms with van der Waals surface area (Å²) in [5.74, 6) is -0.149. The Labute approximate surface area is 118 Å². The average Bonchev–Trinajstić information content (AvgIpc) is 2.36. The number of hydrogen-bond donors (Lipinski definition) is 1. The lowest BCUT2D eigenvalue weighted by atomic mass is 10.1. The lowest BCUT2D eigenvalue weighted by molar-refractivity contribution is 0.601. The first-order valence-corrected chi connectivity index (χ1v) is 6.70. The zero-order chi connectivity index (χ0) is 13.8. The highest BCUT2D eigenvalue weighted by Crippen LogP contribution is 2.21. The molecular weight excluding hydrogens is 261 g/mol. The van der Waals surface area contributed by atoms with E-state index in [-0.39, 0.29) is 11.9 Å². The van der Waals surface area contributed by atoms with Crippen molar-refractivity contribution < 1.29 is 4.39 Å². The molecule has 2 aromatic carbocycles. The fourth-order valence-electron chi connectivity index (χ4n) is 2.10. The Morgan fingerprint density at radius 1 is 1.21 bits per heavy atom. The van der Waals surface area contributed by atoms with Gasteiger partial charge in [0.15, 0.2) is 0 Å². The molecule has 0 saturated carbocycles. The standard InChI is InChI=1S/C16H17ClFN/c1-11-9-14(17)7-8-16(11)19-12(2)10-13-5-3-4-6-15(13)18/h3-9,12,19H,10H2,1-2H3. The Kier molecular flexibility index (Phi) is 4.43. The molecule has 0 aliphatic carbocycles. The van der Waals surface area contributed by atoms with Crippen molar-refractivity contribution in [2.24, 2.45) is 0 Å². The molecule has 100 valence electrons. The highest BCUT2D eigenvalue weighted by molar-refractivity contribution is 6.30. The van der Waals surface area contributed by atoms with Gasteiger partial charge in [-0.3, -0.25) is 0 Å². The topological polar surface area (TPSA) is 12.0 Å². The minimum atomic E-state index is -0.149. The quantitative estimate of drug-likeness (QED) is 0.844. The van der Waals surface area contributed by atoms with Gasteiger partial charge in [0.25, 0.3) is 0 Å². The maximum atomic E-state index is 13.6. The third kappa shape index (κ3) is 3.71. The van der Waals surface area contributed by atoms with E-state index < -0.39 is 0 Å². The third-order valence-electron chi connectivity index (χ3n) is 3.07. The van der Waals surface area contributed by atoms with E-state index in [0.717, 1.165) is 21.8 Å². The van der Waals surface area contributed by atoms with Gasteiger partial charge in [0.1, 0.15) is 5.82 Å². The van der Waals surface area contributed by atoms with Crippen LogP contribution in [0.15, 0.2) is 42.5 Å². The second-order valence-electron chi connectivity index (χ2n) is 4.80. The molecule has 0 radical (unpaired) electrons. The molecule has 0 spiro atoms. The van der Waals surface area contributed by atoms with E-state index in [2.05, 4.69) is 5.32 Å². The summed E-state index contributed by atoms with van der Waals surface area (Å²) in [6.07, 6.45) is 0.648. The number of aryl methyl sites for hydroxylation is 1. The maximum absolute atomic E-state index is 13.6. The smallest absolute Gasteiger partial charge is 0.126 e. The van der Waals surface area contributed by atoms with E-state index in [0.29, 0.717) is 6.42 Å². The average molecular weight is 278 g/mol. The maximum Gasteiger partial charge on any atom is 0.126 e. The van der Waals surface area contributed by atoms with Crippen LogP contribution >= 0.6 is 11.6 Å². The van der Waals surface area contributed by atoms with E-state index >= 15 is 0 Å². The summed E-state index contributed by atoms with van der Waals surface area (Å²) < 4.78 is 13.6. The van der Waals surface area contributed by atoms with Crippen LogP contribution in [-0.4, -0.2) is 6.04 Å². The van der Waals surface area contributed by atoms with Crippen LogP contribution in [0.25, 0.3) is 0 Å². The number of halogens is 2. The minimum absolute atomic E-state index is 0.149. The summed E-state index contributed by atoms with van der Waals surface area (Å²) in [7, 11) is 0. The Balaban J connectivity index is 2.05. The number of hydrogen-bond acceptors (Lipinski definition) is 1. The lowest BCUT2D eigenvalue weighted by Gasteiger charge is -2.17. The van der Waals surface area contributed by atoms with Gasteiger partial charge in [-0.2, -0.15) is 0 Å². The zero-order valence-electron chi connectivity index (χ0n) is 11.1. The van der Waals surface area contributed by atoms with Gasteiger partial charge in [-0.1, -0.05) is 29.8 Å². The fraction of sp³-hybridized carbons (Fsp3) is 0.250. The van der Waals surface area contributed by atoms with Gasteiger partial charge in [-0.25, -0.2) is 4.39 Å². The van der Waals surface area contributed by atoms with Crippen LogP contribution in [0, 0.1) is 12.7 Å². The van der Waals surface area contributed by atoms with Crippen molar-refractivity contribution in [2.75, 3.05) is 5.32 Å². The van der Waals surface area contributed by atoms with E-state index in [1.165, 1.54) is 6.07 Å². The van der Waals surface area contributed by atoms with Crippen LogP contribution in [0.4, 0.5) is 10.1 Å². The molecule has 0 aliphatic heterocycles. The first-order chi connectivity index (χ1) is 9.06. The van der Waals surface area contributed by atoms with Crippen molar-refractivity contribution in [2.45, 2.75) is 26.3 Å². The molecule has 2 rings (SSSR count). The van der Waals surface area contributed by atoms with Crippen molar-refractivity contribution in [1.29, 1.82) is 0 Å². The molecule has 0 heterocycles. The first-order valence-electron chi connectivity index (χ1n) is 6.32. The SMILES string of the molecule is Cc1cc(Cl)ccc1NC(C)Cc1ccccc1F. The molecule has 0 bridgehead atoms. The van der Waals surface area contributed by atoms with Gasteiger partial charge in [0, 0.05) is 16.8 Å². The largest absolute Gasteiger partial charge is 0.382 e. The van der Waals surface area contributed by atoms with Gasteiger partial charge in [-0.15, -0.1) is 0 Å². The van der Waals surface area contributed by atoms with E-state index in [1.54, 1.807) is 6.07 Å². The zero-order valence-corrected chi connectivity index (χ0v) is 11.8. The van der Waals surface area contributed by atoms with Gasteiger partial charge < -0.3 is 5.32 Å². The van der Waals surface area contributed by atoms with Crippen molar-refractivity contribution in [3.63, 3.8) is 0 Å². The Morgan fingerprint density at radius 3 is 2.63 bits per heavy atom. The van der Waals surface area contributed by atoms with Gasteiger partial charge >= 0.3 is 0 Å². The predicted octanol–water partition coefficient (Wildman–Crippen LogP) is 4.83. The van der Waals surface area contributed by atoms with Crippen LogP contribution in [0.3, 0.4) is 0 Å². The van der Waals surface area contributed by atoms with E-state index in [4.69, 9.17) is 11.6 Å². The first kappa shape index (κ1) is 13.9. The van der Waals surface area contributed by atoms with Crippen LogP contribution in [0.5, 0.6) is 0 Å². The summed E-state index contributed by atoms with van der Waals surface area (Å²) in [5.41, 5.74) is 2.86. The number of nitrogens with one attached hydrogen (secondary N) is 1. The van der Waals surface area contributed by atoms with Gasteiger partial charge in [0.2, 0.25) is 0 Å². The van der Waals surface area contributed by atoms with Crippen molar-refractivity contribution in [3.05, 3.63) is 64.4 Å². The van der Waals surface area contributed by atoms with Gasteiger partial charge in [0.05, 0.1) is 0 Å². The number of anilines is 1. The highest BCUT2D eigenvalue weighted by atomic mass is 35.5. The molecule has 0 fully saturated rings. The third-order valence-corrected chi connectivity index (χ3v) is 3.31. The Hall–Kier alpha value is -1.54. The van der Waals surface area contributed by atoms with E-state index in [9.17, 15) is 4.39 Å². The lowest BCUT2D eigenvalue weighted by Crippen LogP contribution is -2.19. The van der Waals surface area contributed by atoms with Crippen LogP contribution in [0.2, 0.25) is 5.02 Å². The van der Waals surface area contributed by atoms with Crippen molar-refractivity contribution in [1.82, 2.24) is 0 Å². The summed E-state index contributed by atoms with van der Waals surface area (Å²) in [6, 6.07) is 12.8. The molecule has 0 aromatic heterocycles. The molecule has 1 unspecified atom stereocenters. The number of benzene rings is 2. The number of rotatable bonds is 4. The van der Waals surface area contributed by atoms with E-state index in [1.807, 2.05) is 44.2 Å². The molecular formula is C16H17ClFN. The monoisotopic (exact) mass is 277 g/mol. The van der Waals surface area contributed by atoms with Crippen molar-refractivity contribution >= 4 is 17.3 Å². The van der Waals surface area contributed by atoms with Crippen LogP contribution in [-0.2, 0) is 6.42 Å². The summed E-state index contributed by atoms with van der Waals surface area (Å²) in [6.45, 7) is 4.05. The molecule has 1 nitrogen and oxygen atoms in total. The Morgan fingerprint density at radius 2 is 1.95 bits per heavy atom. The second kappa shape index (κ2) is 6.07. The molecule has 3 heteroatoms. The normalized spacial score (nSPS) is 12.2. The molecule has 1 atom stereocenters. The van der Waals surface area contributed by atoms with Crippen LogP contribution < -0.4 is 5.32 Å². The summed E-state index contributed by atoms with van der Waals surface area (Å²) in [5, 5.41) is 4.11. The molecule has 2 aromatic rings. The van der Waals surface area contributed by atoms with Crippen molar-refractivity contribution in [3.8, 4) is 0 Å². The second-order valence-corrected chi connectivity index (χ2v) is 5.24. The molecule has 19 heavy (non-hydrogen) atoms. The fourth-order valence-corrected chi connectivity index (χ4v) is 2.33. The summed E-state index contributed by atoms with van der Waals surface area (Å²) in [4.78, 5) is 0. The molecule has 0 amide bonds. The molecule has 0 saturated heterocycles. The molecule has 0 aliphatic rings. The Bertz CT molecular complexity index is 568. The summed E-state index contributed by atoms with van der Waals surface area (Å²) >= 11 is 5.93.